The first-order valence-electron chi connectivity index (χ1n) is 5.78. The molecular weight excluding hydrogens is 280 g/mol. The van der Waals surface area contributed by atoms with Crippen LogP contribution in [0, 0.1) is 17.0 Å². The highest BCUT2D eigenvalue weighted by molar-refractivity contribution is 7.09. The maximum absolute atomic E-state index is 11.2. The van der Waals surface area contributed by atoms with Gasteiger partial charge in [-0.3, -0.25) is 10.1 Å². The molecule has 106 valence electrons. The molecule has 20 heavy (non-hydrogen) atoms. The van der Waals surface area contributed by atoms with E-state index in [2.05, 4.69) is 20.3 Å². The SMILES string of the molecule is Cc1nc(N)nc(NC(C)(C)c2nccs2)c1[N+](=O)[O-]. The highest BCUT2D eigenvalue weighted by atomic mass is 32.1. The summed E-state index contributed by atoms with van der Waals surface area (Å²) >= 11 is 1.45. The number of hydrogen-bond acceptors (Lipinski definition) is 8. The van der Waals surface area contributed by atoms with Crippen LogP contribution in [0.5, 0.6) is 0 Å². The van der Waals surface area contributed by atoms with Crippen molar-refractivity contribution < 1.29 is 4.92 Å². The van der Waals surface area contributed by atoms with E-state index in [0.29, 0.717) is 0 Å². The number of nitrogens with one attached hydrogen (secondary N) is 1. The zero-order chi connectivity index (χ0) is 14.9. The van der Waals surface area contributed by atoms with Crippen molar-refractivity contribution in [1.29, 1.82) is 0 Å². The number of aromatic nitrogens is 3. The Morgan fingerprint density at radius 3 is 2.70 bits per heavy atom. The van der Waals surface area contributed by atoms with E-state index in [-0.39, 0.29) is 23.1 Å². The molecule has 0 aliphatic carbocycles. The number of nitro groups is 1. The lowest BCUT2D eigenvalue weighted by Crippen LogP contribution is -2.29. The van der Waals surface area contributed by atoms with Crippen LogP contribution in [-0.4, -0.2) is 19.9 Å². The van der Waals surface area contributed by atoms with Crippen LogP contribution in [0.4, 0.5) is 17.5 Å². The summed E-state index contributed by atoms with van der Waals surface area (Å²) in [5, 5.41) is 16.8. The third kappa shape index (κ3) is 2.67. The second-order valence-corrected chi connectivity index (χ2v) is 5.60. The highest BCUT2D eigenvalue weighted by Crippen LogP contribution is 2.32. The Morgan fingerprint density at radius 2 is 2.15 bits per heavy atom. The normalized spacial score (nSPS) is 11.3. The van der Waals surface area contributed by atoms with E-state index < -0.39 is 10.5 Å². The molecule has 0 aromatic carbocycles. The molecule has 2 heterocycles. The zero-order valence-electron chi connectivity index (χ0n) is 11.2. The Bertz CT molecular complexity index is 641. The Morgan fingerprint density at radius 1 is 1.45 bits per heavy atom. The number of rotatable bonds is 4. The van der Waals surface area contributed by atoms with Gasteiger partial charge < -0.3 is 11.1 Å². The molecule has 0 amide bonds. The second kappa shape index (κ2) is 5.00. The van der Waals surface area contributed by atoms with Gasteiger partial charge in [-0.05, 0) is 20.8 Å². The van der Waals surface area contributed by atoms with E-state index in [0.717, 1.165) is 5.01 Å². The first-order valence-corrected chi connectivity index (χ1v) is 6.66. The van der Waals surface area contributed by atoms with Gasteiger partial charge in [0.05, 0.1) is 10.5 Å². The first kappa shape index (κ1) is 14.1. The van der Waals surface area contributed by atoms with Gasteiger partial charge in [0.15, 0.2) is 0 Å². The summed E-state index contributed by atoms with van der Waals surface area (Å²) in [7, 11) is 0. The number of aryl methyl sites for hydroxylation is 1. The number of thiazole rings is 1. The van der Waals surface area contributed by atoms with Crippen LogP contribution in [-0.2, 0) is 5.54 Å². The zero-order valence-corrected chi connectivity index (χ0v) is 12.1. The largest absolute Gasteiger partial charge is 0.368 e. The van der Waals surface area contributed by atoms with Crippen LogP contribution in [0.2, 0.25) is 0 Å². The molecule has 0 spiro atoms. The van der Waals surface area contributed by atoms with E-state index in [9.17, 15) is 10.1 Å². The summed E-state index contributed by atoms with van der Waals surface area (Å²) in [6.45, 7) is 5.25. The fourth-order valence-corrected chi connectivity index (χ4v) is 2.49. The summed E-state index contributed by atoms with van der Waals surface area (Å²) in [6, 6.07) is 0. The van der Waals surface area contributed by atoms with Gasteiger partial charge in [0.1, 0.15) is 10.7 Å². The maximum Gasteiger partial charge on any atom is 0.332 e. The molecule has 2 aromatic heterocycles. The highest BCUT2D eigenvalue weighted by Gasteiger charge is 2.29. The summed E-state index contributed by atoms with van der Waals surface area (Å²) in [5.74, 6) is 0.0886. The molecule has 0 fully saturated rings. The van der Waals surface area contributed by atoms with Gasteiger partial charge >= 0.3 is 5.69 Å². The van der Waals surface area contributed by atoms with E-state index in [1.54, 1.807) is 6.20 Å². The van der Waals surface area contributed by atoms with Crippen molar-refractivity contribution in [2.24, 2.45) is 0 Å². The minimum absolute atomic E-state index is 0.00876. The van der Waals surface area contributed by atoms with Crippen molar-refractivity contribution >= 4 is 28.8 Å². The fourth-order valence-electron chi connectivity index (χ4n) is 1.78. The quantitative estimate of drug-likeness (QED) is 0.654. The van der Waals surface area contributed by atoms with Crippen LogP contribution >= 0.6 is 11.3 Å². The molecule has 9 heteroatoms. The van der Waals surface area contributed by atoms with Crippen molar-refractivity contribution in [3.63, 3.8) is 0 Å². The Labute approximate surface area is 119 Å². The summed E-state index contributed by atoms with van der Waals surface area (Å²) in [5.41, 5.74) is 5.01. The molecule has 0 atom stereocenters. The lowest BCUT2D eigenvalue weighted by molar-refractivity contribution is -0.385. The maximum atomic E-state index is 11.2. The number of anilines is 2. The molecule has 0 saturated heterocycles. The molecule has 0 saturated carbocycles. The number of nitrogen functional groups attached to an aromatic ring is 1. The van der Waals surface area contributed by atoms with Crippen molar-refractivity contribution in [1.82, 2.24) is 15.0 Å². The van der Waals surface area contributed by atoms with Crippen molar-refractivity contribution in [2.45, 2.75) is 26.3 Å². The van der Waals surface area contributed by atoms with Crippen molar-refractivity contribution in [3.8, 4) is 0 Å². The first-order chi connectivity index (χ1) is 9.31. The molecule has 0 bridgehead atoms. The monoisotopic (exact) mass is 294 g/mol. The van der Waals surface area contributed by atoms with Gasteiger partial charge in [-0.15, -0.1) is 11.3 Å². The third-order valence-corrected chi connectivity index (χ3v) is 3.75. The van der Waals surface area contributed by atoms with Crippen molar-refractivity contribution in [3.05, 3.63) is 32.4 Å². The van der Waals surface area contributed by atoms with Crippen LogP contribution < -0.4 is 11.1 Å². The van der Waals surface area contributed by atoms with E-state index in [4.69, 9.17) is 5.73 Å². The lowest BCUT2D eigenvalue weighted by atomic mass is 10.1. The minimum Gasteiger partial charge on any atom is -0.368 e. The summed E-state index contributed by atoms with van der Waals surface area (Å²) < 4.78 is 0. The van der Waals surface area contributed by atoms with E-state index in [1.165, 1.54) is 18.3 Å². The van der Waals surface area contributed by atoms with Gasteiger partial charge in [-0.2, -0.15) is 4.98 Å². The Kier molecular flexibility index (Phi) is 3.53. The van der Waals surface area contributed by atoms with Crippen LogP contribution in [0.25, 0.3) is 0 Å². The average molecular weight is 294 g/mol. The summed E-state index contributed by atoms with van der Waals surface area (Å²) in [6.07, 6.45) is 1.68. The van der Waals surface area contributed by atoms with E-state index in [1.807, 2.05) is 19.2 Å². The fraction of sp³-hybridized carbons (Fsp3) is 0.364. The van der Waals surface area contributed by atoms with Crippen LogP contribution in [0.15, 0.2) is 11.6 Å². The molecule has 2 rings (SSSR count). The lowest BCUT2D eigenvalue weighted by Gasteiger charge is -2.24. The van der Waals surface area contributed by atoms with Gasteiger partial charge in [-0.25, -0.2) is 9.97 Å². The third-order valence-electron chi connectivity index (χ3n) is 2.66. The predicted octanol–water partition coefficient (Wildman–Crippen LogP) is 2.08. The minimum atomic E-state index is -0.605. The average Bonchev–Trinajstić information content (AvgIpc) is 2.79. The molecule has 0 unspecified atom stereocenters. The second-order valence-electron chi connectivity index (χ2n) is 4.71. The smallest absolute Gasteiger partial charge is 0.332 e. The molecule has 0 aliphatic heterocycles. The Hall–Kier alpha value is -2.29. The number of nitrogens with zero attached hydrogens (tertiary/aromatic N) is 4. The Balaban J connectivity index is 2.46. The molecule has 3 N–H and O–H groups in total. The van der Waals surface area contributed by atoms with Crippen LogP contribution in [0.3, 0.4) is 0 Å². The van der Waals surface area contributed by atoms with Crippen molar-refractivity contribution in [2.75, 3.05) is 11.1 Å². The molecule has 8 nitrogen and oxygen atoms in total. The number of hydrogen-bond donors (Lipinski definition) is 2. The topological polar surface area (TPSA) is 120 Å². The van der Waals surface area contributed by atoms with E-state index >= 15 is 0 Å². The molecule has 0 aliphatic rings. The molecule has 0 radical (unpaired) electrons. The molecule has 2 aromatic rings. The summed E-state index contributed by atoms with van der Waals surface area (Å²) in [4.78, 5) is 22.6. The van der Waals surface area contributed by atoms with Gasteiger partial charge in [0.2, 0.25) is 11.8 Å². The standard InChI is InChI=1S/C11H14N6O2S/c1-6-7(17(18)19)8(15-10(12)14-6)16-11(2,3)9-13-4-5-20-9/h4-5H,1-3H3,(H3,12,14,15,16). The number of nitrogens with two attached hydrogens (primary N) is 1. The van der Waals surface area contributed by atoms with Crippen LogP contribution in [0.1, 0.15) is 24.5 Å². The predicted molar refractivity (Wildman–Crippen MR) is 76.6 cm³/mol. The van der Waals surface area contributed by atoms with Gasteiger partial charge in [0, 0.05) is 11.6 Å². The van der Waals surface area contributed by atoms with Gasteiger partial charge in [0.25, 0.3) is 0 Å². The van der Waals surface area contributed by atoms with Gasteiger partial charge in [-0.1, -0.05) is 0 Å². The molecular formula is C11H14N6O2S.